The van der Waals surface area contributed by atoms with Crippen molar-refractivity contribution in [2.45, 2.75) is 53.4 Å². The number of nitrogens with one attached hydrogen (secondary N) is 1. The number of nitrogens with zero attached hydrogens (tertiary/aromatic N) is 2. The first-order valence-electron chi connectivity index (χ1n) is 11.7. The molecule has 0 saturated heterocycles. The van der Waals surface area contributed by atoms with Gasteiger partial charge in [-0.15, -0.1) is 11.3 Å². The fourth-order valence-corrected chi connectivity index (χ4v) is 4.77. The number of hydrogen-bond acceptors (Lipinski definition) is 7. The highest BCUT2D eigenvalue weighted by atomic mass is 32.1. The second kappa shape index (κ2) is 11.8. The van der Waals surface area contributed by atoms with Gasteiger partial charge in [-0.25, -0.2) is 4.79 Å². The summed E-state index contributed by atoms with van der Waals surface area (Å²) < 4.78 is 11.8. The molecule has 0 saturated carbocycles. The van der Waals surface area contributed by atoms with Gasteiger partial charge in [-0.1, -0.05) is 26.7 Å². The Bertz CT molecular complexity index is 1190. The number of aromatic nitrogens is 2. The largest absolute Gasteiger partial charge is 0.494 e. The van der Waals surface area contributed by atoms with Gasteiger partial charge in [0.15, 0.2) is 5.69 Å². The Morgan fingerprint density at radius 2 is 1.74 bits per heavy atom. The predicted octanol–water partition coefficient (Wildman–Crippen LogP) is 5.18. The van der Waals surface area contributed by atoms with Gasteiger partial charge in [0.1, 0.15) is 10.8 Å². The fourth-order valence-electron chi connectivity index (χ4n) is 3.83. The van der Waals surface area contributed by atoms with E-state index in [4.69, 9.17) is 9.47 Å². The van der Waals surface area contributed by atoms with Crippen molar-refractivity contribution in [2.75, 3.05) is 18.5 Å². The number of ether oxygens (including phenoxy) is 2. The highest BCUT2D eigenvalue weighted by molar-refractivity contribution is 7.16. The molecule has 1 aromatic carbocycles. The Morgan fingerprint density at radius 3 is 2.32 bits per heavy atom. The minimum absolute atomic E-state index is 0.0285. The van der Waals surface area contributed by atoms with E-state index >= 15 is 0 Å². The van der Waals surface area contributed by atoms with Crippen LogP contribution in [0.15, 0.2) is 34.4 Å². The Morgan fingerprint density at radius 1 is 1.06 bits per heavy atom. The molecule has 0 radical (unpaired) electrons. The third-order valence-electron chi connectivity index (χ3n) is 5.40. The highest BCUT2D eigenvalue weighted by Crippen LogP contribution is 2.31. The number of esters is 1. The van der Waals surface area contributed by atoms with Crippen LogP contribution in [0.3, 0.4) is 0 Å². The maximum atomic E-state index is 13.5. The molecule has 3 rings (SSSR count). The quantitative estimate of drug-likeness (QED) is 0.376. The summed E-state index contributed by atoms with van der Waals surface area (Å²) >= 11 is 1.21. The minimum atomic E-state index is -0.627. The highest BCUT2D eigenvalue weighted by Gasteiger charge is 2.25. The van der Waals surface area contributed by atoms with E-state index in [1.54, 1.807) is 36.6 Å². The normalized spacial score (nSPS) is 11.1. The van der Waals surface area contributed by atoms with Crippen LogP contribution in [0.25, 0.3) is 16.5 Å². The van der Waals surface area contributed by atoms with Gasteiger partial charge >= 0.3 is 5.97 Å². The first-order chi connectivity index (χ1) is 16.4. The fraction of sp³-hybridized carbons (Fsp3) is 0.440. The summed E-state index contributed by atoms with van der Waals surface area (Å²) in [6.45, 7) is 8.38. The molecule has 2 aromatic heterocycles. The van der Waals surface area contributed by atoms with E-state index < -0.39 is 11.5 Å². The Kier molecular flexibility index (Phi) is 8.81. The number of benzene rings is 1. The number of thiophene rings is 1. The van der Waals surface area contributed by atoms with Crippen molar-refractivity contribution >= 4 is 39.0 Å². The van der Waals surface area contributed by atoms with Crippen LogP contribution < -0.4 is 15.6 Å². The number of carbonyl (C=O) groups excluding carboxylic acids is 2. The van der Waals surface area contributed by atoms with Gasteiger partial charge < -0.3 is 14.8 Å². The van der Waals surface area contributed by atoms with E-state index in [9.17, 15) is 14.4 Å². The van der Waals surface area contributed by atoms with Crippen molar-refractivity contribution in [1.82, 2.24) is 9.78 Å². The van der Waals surface area contributed by atoms with E-state index in [-0.39, 0.29) is 29.5 Å². The Labute approximate surface area is 202 Å². The van der Waals surface area contributed by atoms with Gasteiger partial charge in [-0.05, 0) is 51.0 Å². The lowest BCUT2D eigenvalue weighted by Crippen LogP contribution is -2.27. The molecule has 0 aliphatic heterocycles. The third-order valence-corrected chi connectivity index (χ3v) is 6.29. The lowest BCUT2D eigenvalue weighted by molar-refractivity contribution is -0.120. The molecule has 1 amide bonds. The maximum Gasteiger partial charge on any atom is 0.359 e. The van der Waals surface area contributed by atoms with Crippen molar-refractivity contribution in [3.63, 3.8) is 0 Å². The smallest absolute Gasteiger partial charge is 0.359 e. The average molecular weight is 486 g/mol. The van der Waals surface area contributed by atoms with Crippen molar-refractivity contribution in [1.29, 1.82) is 0 Å². The molecule has 0 bridgehead atoms. The molecule has 0 spiro atoms. The molecule has 2 heterocycles. The van der Waals surface area contributed by atoms with Crippen molar-refractivity contribution in [2.24, 2.45) is 5.92 Å². The van der Waals surface area contributed by atoms with E-state index in [2.05, 4.69) is 10.4 Å². The van der Waals surface area contributed by atoms with E-state index in [1.165, 1.54) is 16.0 Å². The molecule has 8 nitrogen and oxygen atoms in total. The minimum Gasteiger partial charge on any atom is -0.494 e. The molecule has 0 unspecified atom stereocenters. The molecule has 0 fully saturated rings. The summed E-state index contributed by atoms with van der Waals surface area (Å²) in [6, 6.07) is 6.86. The molecule has 3 aromatic rings. The molecule has 34 heavy (non-hydrogen) atoms. The Balaban J connectivity index is 2.13. The first-order valence-corrected chi connectivity index (χ1v) is 12.6. The van der Waals surface area contributed by atoms with Gasteiger partial charge in [0, 0.05) is 16.7 Å². The van der Waals surface area contributed by atoms with Crippen LogP contribution in [0, 0.1) is 5.92 Å². The molecular weight excluding hydrogens is 454 g/mol. The molecule has 1 N–H and O–H groups in total. The standard InChI is InChI=1S/C25H31N3O5S/c1-5-9-16(10-6-2)22(29)26-23-20-19(15-34-23)21(25(31)33-8-4)27-28(24(20)30)17-11-13-18(14-12-17)32-7-3/h11-16H,5-10H2,1-4H3,(H,26,29). The zero-order chi connectivity index (χ0) is 24.7. The average Bonchev–Trinajstić information content (AvgIpc) is 3.24. The van der Waals surface area contributed by atoms with Crippen LogP contribution in [0.1, 0.15) is 63.9 Å². The van der Waals surface area contributed by atoms with Crippen molar-refractivity contribution in [3.8, 4) is 11.4 Å². The van der Waals surface area contributed by atoms with Crippen LogP contribution >= 0.6 is 11.3 Å². The monoisotopic (exact) mass is 485 g/mol. The molecule has 182 valence electrons. The topological polar surface area (TPSA) is 99.5 Å². The van der Waals surface area contributed by atoms with Gasteiger partial charge in [0.05, 0.1) is 24.3 Å². The maximum absolute atomic E-state index is 13.5. The van der Waals surface area contributed by atoms with Crippen LogP contribution in [0.4, 0.5) is 5.00 Å². The number of amides is 1. The molecule has 0 aliphatic rings. The second-order valence-corrected chi connectivity index (χ2v) is 8.71. The van der Waals surface area contributed by atoms with Crippen molar-refractivity contribution in [3.05, 3.63) is 45.7 Å². The zero-order valence-electron chi connectivity index (χ0n) is 20.1. The van der Waals surface area contributed by atoms with Gasteiger partial charge in [-0.2, -0.15) is 9.78 Å². The van der Waals surface area contributed by atoms with Gasteiger partial charge in [0.2, 0.25) is 5.91 Å². The first kappa shape index (κ1) is 25.4. The van der Waals surface area contributed by atoms with Gasteiger partial charge in [-0.3, -0.25) is 9.59 Å². The number of fused-ring (bicyclic) bond motifs is 1. The number of carbonyl (C=O) groups is 2. The summed E-state index contributed by atoms with van der Waals surface area (Å²) in [5.74, 6) is -0.217. The van der Waals surface area contributed by atoms with E-state index in [0.717, 1.165) is 25.7 Å². The summed E-state index contributed by atoms with van der Waals surface area (Å²) in [6.07, 6.45) is 3.33. The molecular formula is C25H31N3O5S. The number of rotatable bonds is 11. The predicted molar refractivity (Wildman–Crippen MR) is 134 cm³/mol. The number of hydrogen-bond donors (Lipinski definition) is 1. The summed E-state index contributed by atoms with van der Waals surface area (Å²) in [4.78, 5) is 39.2. The summed E-state index contributed by atoms with van der Waals surface area (Å²) in [5, 5.41) is 9.98. The second-order valence-electron chi connectivity index (χ2n) is 7.83. The SMILES string of the molecule is CCCC(CCC)C(=O)Nc1scc2c(C(=O)OCC)nn(-c3ccc(OCC)cc3)c(=O)c12. The van der Waals surface area contributed by atoms with Crippen LogP contribution in [0.2, 0.25) is 0 Å². The Hall–Kier alpha value is -3.20. The zero-order valence-corrected chi connectivity index (χ0v) is 20.9. The lowest BCUT2D eigenvalue weighted by atomic mass is 9.97. The van der Waals surface area contributed by atoms with Crippen molar-refractivity contribution < 1.29 is 19.1 Å². The van der Waals surface area contributed by atoms with E-state index in [1.807, 2.05) is 20.8 Å². The molecule has 9 heteroatoms. The van der Waals surface area contributed by atoms with Crippen LogP contribution in [-0.2, 0) is 9.53 Å². The summed E-state index contributed by atoms with van der Waals surface area (Å²) in [5.41, 5.74) is 0.0752. The third kappa shape index (κ3) is 5.47. The summed E-state index contributed by atoms with van der Waals surface area (Å²) in [7, 11) is 0. The molecule has 0 atom stereocenters. The number of anilines is 1. The molecule has 0 aliphatic carbocycles. The lowest BCUT2D eigenvalue weighted by Gasteiger charge is -2.15. The van der Waals surface area contributed by atoms with Crippen LogP contribution in [0.5, 0.6) is 5.75 Å². The van der Waals surface area contributed by atoms with E-state index in [0.29, 0.717) is 28.4 Å². The van der Waals surface area contributed by atoms with Gasteiger partial charge in [0.25, 0.3) is 5.56 Å². The van der Waals surface area contributed by atoms with Crippen LogP contribution in [-0.4, -0.2) is 34.9 Å².